The Labute approximate surface area is 240 Å². The molecule has 0 aliphatic carbocycles. The van der Waals surface area contributed by atoms with E-state index in [0.29, 0.717) is 4.90 Å². The van der Waals surface area contributed by atoms with Crippen LogP contribution in [0.5, 0.6) is 0 Å². The number of halogens is 4. The number of anilines is 1. The number of carbonyl (C=O) groups excluding carboxylic acids is 3. The third-order valence-electron chi connectivity index (χ3n) is 7.11. The number of oxime groups is 1. The molecule has 0 spiro atoms. The summed E-state index contributed by atoms with van der Waals surface area (Å²) in [6.45, 7) is -2.60. The normalized spacial score (nSPS) is 19.1. The van der Waals surface area contributed by atoms with Gasteiger partial charge in [0, 0.05) is 17.6 Å². The van der Waals surface area contributed by atoms with Gasteiger partial charge in [-0.25, -0.2) is 14.0 Å². The van der Waals surface area contributed by atoms with Crippen LogP contribution in [0.15, 0.2) is 53.7 Å². The number of carboxylic acid groups (broad SMARTS) is 1. The van der Waals surface area contributed by atoms with Crippen molar-refractivity contribution in [3.63, 3.8) is 0 Å². The van der Waals surface area contributed by atoms with Gasteiger partial charge in [0.05, 0.1) is 34.9 Å². The lowest BCUT2D eigenvalue weighted by Crippen LogP contribution is -2.49. The molecule has 2 aliphatic rings. The summed E-state index contributed by atoms with van der Waals surface area (Å²) in [6.07, 6.45) is -7.41. The molecule has 4 N–H and O–H groups in total. The average molecular weight is 605 g/mol. The smallest absolute Gasteiger partial charge is 0.407 e. The number of amides is 3. The van der Waals surface area contributed by atoms with Crippen molar-refractivity contribution < 1.29 is 46.7 Å². The van der Waals surface area contributed by atoms with Crippen LogP contribution < -0.4 is 11.1 Å². The summed E-state index contributed by atoms with van der Waals surface area (Å²) in [5.74, 6) is -3.21. The first kappa shape index (κ1) is 29.3. The van der Waals surface area contributed by atoms with Gasteiger partial charge >= 0.3 is 18.2 Å². The molecule has 0 unspecified atom stereocenters. The Hall–Kier alpha value is -5.15. The first-order chi connectivity index (χ1) is 20.3. The zero-order valence-corrected chi connectivity index (χ0v) is 22.2. The minimum absolute atomic E-state index is 0.0613. The molecule has 226 valence electrons. The number of amidine groups is 1. The Bertz CT molecular complexity index is 1620. The molecule has 1 saturated heterocycles. The summed E-state index contributed by atoms with van der Waals surface area (Å²) in [5, 5.41) is 15.8. The molecule has 2 aromatic carbocycles. The number of likely N-dealkylation sites (tertiary alicyclic amines) is 1. The Morgan fingerprint density at radius 2 is 1.77 bits per heavy atom. The molecule has 1 fully saturated rings. The van der Waals surface area contributed by atoms with Crippen molar-refractivity contribution in [3.8, 4) is 0 Å². The lowest BCUT2D eigenvalue weighted by atomic mass is 10.0. The molecule has 5 rings (SSSR count). The molecule has 1 aromatic heterocycles. The highest BCUT2D eigenvalue weighted by atomic mass is 19.4. The zero-order valence-electron chi connectivity index (χ0n) is 22.2. The van der Waals surface area contributed by atoms with E-state index in [1.165, 1.54) is 36.4 Å². The van der Waals surface area contributed by atoms with Crippen LogP contribution in [-0.4, -0.2) is 87.2 Å². The van der Waals surface area contributed by atoms with Gasteiger partial charge in [-0.2, -0.15) is 13.2 Å². The molecule has 43 heavy (non-hydrogen) atoms. The second-order valence-electron chi connectivity index (χ2n) is 9.94. The summed E-state index contributed by atoms with van der Waals surface area (Å²) in [4.78, 5) is 54.9. The number of hydrogen-bond donors (Lipinski definition) is 3. The van der Waals surface area contributed by atoms with Crippen LogP contribution in [0.4, 0.5) is 28.0 Å². The van der Waals surface area contributed by atoms with Crippen LogP contribution in [0.1, 0.15) is 32.8 Å². The highest BCUT2D eigenvalue weighted by Gasteiger charge is 2.37. The van der Waals surface area contributed by atoms with Crippen LogP contribution in [0.3, 0.4) is 0 Å². The Morgan fingerprint density at radius 1 is 1.09 bits per heavy atom. The summed E-state index contributed by atoms with van der Waals surface area (Å²) in [6, 6.07) is 10.8. The van der Waals surface area contributed by atoms with E-state index >= 15 is 0 Å². The SMILES string of the molecule is N/C(=N\OC(=O)CN1C(=O)c2ccccc2C1=O)c1cc2c(N[C@@H]3CCN(C(=O)O)C[C@@H]3F)cccc2n1CC(F)(F)F. The van der Waals surface area contributed by atoms with Gasteiger partial charge in [-0.05, 0) is 36.8 Å². The van der Waals surface area contributed by atoms with Gasteiger partial charge in [-0.1, -0.05) is 23.4 Å². The summed E-state index contributed by atoms with van der Waals surface area (Å²) >= 11 is 0. The molecule has 2 atom stereocenters. The second-order valence-corrected chi connectivity index (χ2v) is 9.94. The number of fused-ring (bicyclic) bond motifs is 2. The highest BCUT2D eigenvalue weighted by Crippen LogP contribution is 2.32. The molecule has 3 aromatic rings. The number of carbonyl (C=O) groups is 4. The van der Waals surface area contributed by atoms with E-state index in [1.54, 1.807) is 12.1 Å². The van der Waals surface area contributed by atoms with Crippen molar-refractivity contribution in [2.45, 2.75) is 31.4 Å². The number of benzene rings is 2. The van der Waals surface area contributed by atoms with Gasteiger partial charge in [0.1, 0.15) is 19.3 Å². The van der Waals surface area contributed by atoms with Crippen LogP contribution in [0.25, 0.3) is 10.9 Å². The monoisotopic (exact) mass is 604 g/mol. The van der Waals surface area contributed by atoms with Gasteiger partial charge in [0.15, 0.2) is 5.84 Å². The molecule has 3 heterocycles. The van der Waals surface area contributed by atoms with E-state index in [-0.39, 0.29) is 52.9 Å². The van der Waals surface area contributed by atoms with Crippen LogP contribution in [0.2, 0.25) is 0 Å². The van der Waals surface area contributed by atoms with Crippen molar-refractivity contribution in [1.82, 2.24) is 14.4 Å². The summed E-state index contributed by atoms with van der Waals surface area (Å²) in [5.41, 5.74) is 6.23. The minimum Gasteiger partial charge on any atom is -0.465 e. The number of aromatic nitrogens is 1. The summed E-state index contributed by atoms with van der Waals surface area (Å²) < 4.78 is 56.3. The van der Waals surface area contributed by atoms with Crippen LogP contribution >= 0.6 is 0 Å². The third kappa shape index (κ3) is 5.93. The number of nitrogens with two attached hydrogens (primary N) is 1. The van der Waals surface area contributed by atoms with Crippen molar-refractivity contribution in [1.29, 1.82) is 0 Å². The third-order valence-corrected chi connectivity index (χ3v) is 7.11. The Balaban J connectivity index is 1.38. The number of hydrogen-bond acceptors (Lipinski definition) is 7. The fraction of sp³-hybridized carbons (Fsp3) is 0.296. The zero-order chi connectivity index (χ0) is 31.1. The maximum Gasteiger partial charge on any atom is 0.407 e. The maximum absolute atomic E-state index is 14.8. The number of nitrogens with one attached hydrogen (secondary N) is 1. The van der Waals surface area contributed by atoms with Gasteiger partial charge in [-0.3, -0.25) is 14.5 Å². The fourth-order valence-electron chi connectivity index (χ4n) is 5.10. The molecule has 16 heteroatoms. The van der Waals surface area contributed by atoms with Gasteiger partial charge in [0.2, 0.25) is 0 Å². The van der Waals surface area contributed by atoms with E-state index in [9.17, 15) is 36.7 Å². The quantitative estimate of drug-likeness (QED) is 0.0926. The Kier molecular flexibility index (Phi) is 7.69. The van der Waals surface area contributed by atoms with Crippen LogP contribution in [-0.2, 0) is 16.2 Å². The predicted octanol–water partition coefficient (Wildman–Crippen LogP) is 3.17. The second kappa shape index (κ2) is 11.3. The lowest BCUT2D eigenvalue weighted by Gasteiger charge is -2.34. The van der Waals surface area contributed by atoms with Crippen molar-refractivity contribution in [2.24, 2.45) is 10.9 Å². The lowest BCUT2D eigenvalue weighted by molar-refractivity contribution is -0.144. The minimum atomic E-state index is -4.69. The fourth-order valence-corrected chi connectivity index (χ4v) is 5.10. The largest absolute Gasteiger partial charge is 0.465 e. The van der Waals surface area contributed by atoms with E-state index in [0.717, 1.165) is 9.47 Å². The highest BCUT2D eigenvalue weighted by molar-refractivity contribution is 6.22. The topological polar surface area (TPSA) is 160 Å². The van der Waals surface area contributed by atoms with Gasteiger partial charge < -0.3 is 30.5 Å². The predicted molar refractivity (Wildman–Crippen MR) is 143 cm³/mol. The average Bonchev–Trinajstić information content (AvgIpc) is 3.43. The standard InChI is InChI=1S/C27H24F4N6O6/c28-17-11-35(26(41)42)9-8-19(17)33-18-6-3-7-20-16(18)10-21(37(20)13-27(29,30)31)23(32)34-43-22(38)12-36-24(39)14-4-1-2-5-15(14)25(36)40/h1-7,10,17,19,33H,8-9,11-13H2,(H2,32,34)(H,41,42)/t17-,19+/m0/s1. The Morgan fingerprint density at radius 3 is 2.37 bits per heavy atom. The summed E-state index contributed by atoms with van der Waals surface area (Å²) in [7, 11) is 0. The molecule has 0 bridgehead atoms. The van der Waals surface area contributed by atoms with E-state index in [4.69, 9.17) is 15.7 Å². The molecule has 3 amide bonds. The molecular weight excluding hydrogens is 580 g/mol. The first-order valence-electron chi connectivity index (χ1n) is 12.9. The van der Waals surface area contributed by atoms with Crippen LogP contribution in [0, 0.1) is 0 Å². The van der Waals surface area contributed by atoms with Crippen molar-refractivity contribution in [3.05, 3.63) is 65.4 Å². The van der Waals surface area contributed by atoms with Crippen molar-refractivity contribution >= 4 is 46.3 Å². The number of nitrogens with zero attached hydrogens (tertiary/aromatic N) is 4. The molecule has 12 nitrogen and oxygen atoms in total. The van der Waals surface area contributed by atoms with E-state index < -0.39 is 61.2 Å². The van der Waals surface area contributed by atoms with Gasteiger partial charge in [-0.15, -0.1) is 0 Å². The molecular formula is C27H24F4N6O6. The maximum atomic E-state index is 14.8. The number of piperidine rings is 1. The van der Waals surface area contributed by atoms with Crippen molar-refractivity contribution in [2.75, 3.05) is 25.0 Å². The molecule has 0 saturated carbocycles. The van der Waals surface area contributed by atoms with E-state index in [1.807, 2.05) is 0 Å². The molecule has 2 aliphatic heterocycles. The number of imide groups is 1. The van der Waals surface area contributed by atoms with E-state index in [2.05, 4.69) is 10.5 Å². The number of alkyl halides is 4. The van der Waals surface area contributed by atoms with Gasteiger partial charge in [0.25, 0.3) is 11.8 Å². The molecule has 0 radical (unpaired) electrons. The first-order valence-corrected chi connectivity index (χ1v) is 12.9. The number of rotatable bonds is 7.